The smallest absolute Gasteiger partial charge is 0.170 e. The summed E-state index contributed by atoms with van der Waals surface area (Å²) >= 11 is 0. The Labute approximate surface area is 105 Å². The van der Waals surface area contributed by atoms with E-state index in [-0.39, 0.29) is 11.6 Å². The SMILES string of the molecule is CNCc1cn(Cc2cccc(OC)c2F)nn1. The summed E-state index contributed by atoms with van der Waals surface area (Å²) in [5.41, 5.74) is 1.34. The van der Waals surface area contributed by atoms with Crippen molar-refractivity contribution in [3.63, 3.8) is 0 Å². The Morgan fingerprint density at radius 1 is 1.44 bits per heavy atom. The molecule has 0 aliphatic carbocycles. The Kier molecular flexibility index (Phi) is 3.88. The minimum Gasteiger partial charge on any atom is -0.494 e. The normalized spacial score (nSPS) is 10.6. The lowest BCUT2D eigenvalue weighted by molar-refractivity contribution is 0.383. The third kappa shape index (κ3) is 2.65. The molecule has 1 aromatic heterocycles. The first kappa shape index (κ1) is 12.5. The lowest BCUT2D eigenvalue weighted by Crippen LogP contribution is -2.05. The lowest BCUT2D eigenvalue weighted by atomic mass is 10.2. The highest BCUT2D eigenvalue weighted by Gasteiger charge is 2.09. The van der Waals surface area contributed by atoms with Gasteiger partial charge in [-0.05, 0) is 13.1 Å². The van der Waals surface area contributed by atoms with E-state index in [0.29, 0.717) is 18.7 Å². The van der Waals surface area contributed by atoms with Crippen molar-refractivity contribution in [3.05, 3.63) is 41.5 Å². The maximum absolute atomic E-state index is 13.9. The minimum atomic E-state index is -0.356. The van der Waals surface area contributed by atoms with Gasteiger partial charge in [-0.2, -0.15) is 0 Å². The molecule has 0 spiro atoms. The monoisotopic (exact) mass is 250 g/mol. The largest absolute Gasteiger partial charge is 0.494 e. The van der Waals surface area contributed by atoms with E-state index >= 15 is 0 Å². The van der Waals surface area contributed by atoms with Gasteiger partial charge in [-0.3, -0.25) is 0 Å². The van der Waals surface area contributed by atoms with Gasteiger partial charge in [-0.25, -0.2) is 9.07 Å². The van der Waals surface area contributed by atoms with Gasteiger partial charge in [0.05, 0.1) is 25.5 Å². The molecule has 0 atom stereocenters. The molecule has 0 bridgehead atoms. The molecule has 1 heterocycles. The number of rotatable bonds is 5. The molecular formula is C12H15FN4O. The molecule has 1 aromatic carbocycles. The van der Waals surface area contributed by atoms with Crippen LogP contribution < -0.4 is 10.1 Å². The highest BCUT2D eigenvalue weighted by Crippen LogP contribution is 2.20. The van der Waals surface area contributed by atoms with Crippen LogP contribution in [0, 0.1) is 5.82 Å². The van der Waals surface area contributed by atoms with Crippen molar-refractivity contribution in [1.82, 2.24) is 20.3 Å². The number of hydrogen-bond acceptors (Lipinski definition) is 4. The molecule has 0 amide bonds. The molecule has 1 N–H and O–H groups in total. The maximum atomic E-state index is 13.9. The summed E-state index contributed by atoms with van der Waals surface area (Å²) in [5, 5.41) is 10.9. The second kappa shape index (κ2) is 5.59. The zero-order chi connectivity index (χ0) is 13.0. The third-order valence-corrected chi connectivity index (χ3v) is 2.54. The first-order valence-corrected chi connectivity index (χ1v) is 5.59. The van der Waals surface area contributed by atoms with E-state index < -0.39 is 0 Å². The van der Waals surface area contributed by atoms with Crippen LogP contribution in [0.4, 0.5) is 4.39 Å². The third-order valence-electron chi connectivity index (χ3n) is 2.54. The fourth-order valence-corrected chi connectivity index (χ4v) is 1.69. The number of halogens is 1. The van der Waals surface area contributed by atoms with Gasteiger partial charge < -0.3 is 10.1 Å². The van der Waals surface area contributed by atoms with Crippen LogP contribution in [0.1, 0.15) is 11.3 Å². The fraction of sp³-hybridized carbons (Fsp3) is 0.333. The maximum Gasteiger partial charge on any atom is 0.170 e. The second-order valence-electron chi connectivity index (χ2n) is 3.87. The van der Waals surface area contributed by atoms with Gasteiger partial charge in [0, 0.05) is 12.1 Å². The Morgan fingerprint density at radius 2 is 2.28 bits per heavy atom. The van der Waals surface area contributed by atoms with E-state index in [4.69, 9.17) is 4.74 Å². The van der Waals surface area contributed by atoms with Gasteiger partial charge in [0.25, 0.3) is 0 Å². The molecule has 2 aromatic rings. The number of ether oxygens (including phenoxy) is 1. The Bertz CT molecular complexity index is 527. The first-order chi connectivity index (χ1) is 8.74. The van der Waals surface area contributed by atoms with E-state index in [1.165, 1.54) is 7.11 Å². The van der Waals surface area contributed by atoms with Gasteiger partial charge in [0.15, 0.2) is 11.6 Å². The molecule has 0 aliphatic heterocycles. The molecule has 0 saturated carbocycles. The number of aromatic nitrogens is 3. The van der Waals surface area contributed by atoms with E-state index in [9.17, 15) is 4.39 Å². The number of nitrogens with one attached hydrogen (secondary N) is 1. The van der Waals surface area contributed by atoms with Crippen LogP contribution in [0.15, 0.2) is 24.4 Å². The van der Waals surface area contributed by atoms with Crippen molar-refractivity contribution < 1.29 is 9.13 Å². The van der Waals surface area contributed by atoms with Crippen LogP contribution in [0.2, 0.25) is 0 Å². The van der Waals surface area contributed by atoms with Crippen LogP contribution in [0.5, 0.6) is 5.75 Å². The zero-order valence-electron chi connectivity index (χ0n) is 10.4. The Morgan fingerprint density at radius 3 is 3.00 bits per heavy atom. The second-order valence-corrected chi connectivity index (χ2v) is 3.87. The molecule has 0 fully saturated rings. The number of hydrogen-bond donors (Lipinski definition) is 1. The van der Waals surface area contributed by atoms with Crippen molar-refractivity contribution in [1.29, 1.82) is 0 Å². The van der Waals surface area contributed by atoms with Crippen molar-refractivity contribution in [2.45, 2.75) is 13.1 Å². The summed E-state index contributed by atoms with van der Waals surface area (Å²) < 4.78 is 20.5. The molecular weight excluding hydrogens is 235 g/mol. The fourth-order valence-electron chi connectivity index (χ4n) is 1.69. The Hall–Kier alpha value is -1.95. The molecule has 0 radical (unpaired) electrons. The van der Waals surface area contributed by atoms with Crippen molar-refractivity contribution >= 4 is 0 Å². The predicted octanol–water partition coefficient (Wildman–Crippen LogP) is 1.19. The number of nitrogens with zero attached hydrogens (tertiary/aromatic N) is 3. The van der Waals surface area contributed by atoms with E-state index in [0.717, 1.165) is 5.69 Å². The van der Waals surface area contributed by atoms with Crippen LogP contribution >= 0.6 is 0 Å². The van der Waals surface area contributed by atoms with Crippen LogP contribution in [-0.2, 0) is 13.1 Å². The topological polar surface area (TPSA) is 52.0 Å². The summed E-state index contributed by atoms with van der Waals surface area (Å²) in [6.45, 7) is 0.973. The highest BCUT2D eigenvalue weighted by atomic mass is 19.1. The summed E-state index contributed by atoms with van der Waals surface area (Å²) in [6.07, 6.45) is 1.79. The van der Waals surface area contributed by atoms with Gasteiger partial charge in [-0.15, -0.1) is 5.10 Å². The van der Waals surface area contributed by atoms with E-state index in [1.807, 2.05) is 7.05 Å². The lowest BCUT2D eigenvalue weighted by Gasteiger charge is -2.06. The van der Waals surface area contributed by atoms with Crippen molar-refractivity contribution in [3.8, 4) is 5.75 Å². The molecule has 0 saturated heterocycles. The highest BCUT2D eigenvalue weighted by molar-refractivity contribution is 5.31. The van der Waals surface area contributed by atoms with Crippen LogP contribution in [-0.4, -0.2) is 29.2 Å². The average molecular weight is 250 g/mol. The molecule has 0 aliphatic rings. The van der Waals surface area contributed by atoms with Gasteiger partial charge in [0.1, 0.15) is 0 Å². The number of benzene rings is 1. The minimum absolute atomic E-state index is 0.239. The van der Waals surface area contributed by atoms with Crippen LogP contribution in [0.3, 0.4) is 0 Å². The Balaban J connectivity index is 2.17. The van der Waals surface area contributed by atoms with Gasteiger partial charge in [-0.1, -0.05) is 17.3 Å². The summed E-state index contributed by atoms with van der Waals surface area (Å²) in [5.74, 6) is -0.117. The van der Waals surface area contributed by atoms with Gasteiger partial charge in [0.2, 0.25) is 0 Å². The average Bonchev–Trinajstić information content (AvgIpc) is 2.80. The quantitative estimate of drug-likeness (QED) is 0.866. The van der Waals surface area contributed by atoms with Crippen LogP contribution in [0.25, 0.3) is 0 Å². The summed E-state index contributed by atoms with van der Waals surface area (Å²) in [6, 6.07) is 5.05. The zero-order valence-corrected chi connectivity index (χ0v) is 10.4. The summed E-state index contributed by atoms with van der Waals surface area (Å²) in [7, 11) is 3.28. The molecule has 2 rings (SSSR count). The van der Waals surface area contributed by atoms with Crippen molar-refractivity contribution in [2.75, 3.05) is 14.2 Å². The van der Waals surface area contributed by atoms with E-state index in [2.05, 4.69) is 15.6 Å². The van der Waals surface area contributed by atoms with Gasteiger partial charge >= 0.3 is 0 Å². The molecule has 5 nitrogen and oxygen atoms in total. The molecule has 18 heavy (non-hydrogen) atoms. The van der Waals surface area contributed by atoms with Crippen molar-refractivity contribution in [2.24, 2.45) is 0 Å². The standard InChI is InChI=1S/C12H15FN4O/c1-14-6-10-8-17(16-15-10)7-9-4-3-5-11(18-2)12(9)13/h3-5,8,14H,6-7H2,1-2H3. The summed E-state index contributed by atoms with van der Waals surface area (Å²) in [4.78, 5) is 0. The molecule has 6 heteroatoms. The number of methoxy groups -OCH3 is 1. The molecule has 0 unspecified atom stereocenters. The van der Waals surface area contributed by atoms with E-state index in [1.54, 1.807) is 29.1 Å². The first-order valence-electron chi connectivity index (χ1n) is 5.59. The predicted molar refractivity (Wildman–Crippen MR) is 64.8 cm³/mol. The molecule has 96 valence electrons.